The topological polar surface area (TPSA) is 41.1 Å². The number of hydrazine groups is 1. The second-order valence-electron chi connectivity index (χ2n) is 2.33. The molecular formula is C6H12N2OS. The minimum Gasteiger partial charge on any atom is -0.298 e. The third-order valence-corrected chi connectivity index (χ3v) is 2.20. The lowest BCUT2D eigenvalue weighted by Gasteiger charge is -2.04. The highest BCUT2D eigenvalue weighted by Gasteiger charge is 2.20. The van der Waals surface area contributed by atoms with Gasteiger partial charge in [0, 0.05) is 12.2 Å². The molecule has 0 bridgehead atoms. The first-order valence-corrected chi connectivity index (χ1v) is 4.48. The lowest BCUT2D eigenvalue weighted by atomic mass is 10.1. The van der Waals surface area contributed by atoms with E-state index >= 15 is 0 Å². The molecule has 3 nitrogen and oxygen atoms in total. The van der Waals surface area contributed by atoms with E-state index in [1.165, 1.54) is 0 Å². The summed E-state index contributed by atoms with van der Waals surface area (Å²) >= 11 is 1.55. The van der Waals surface area contributed by atoms with Crippen LogP contribution >= 0.6 is 11.9 Å². The van der Waals surface area contributed by atoms with Crippen LogP contribution in [-0.2, 0) is 4.79 Å². The molecule has 1 fully saturated rings. The van der Waals surface area contributed by atoms with E-state index in [0.29, 0.717) is 12.2 Å². The molecule has 0 saturated carbocycles. The van der Waals surface area contributed by atoms with Crippen molar-refractivity contribution in [1.29, 1.82) is 0 Å². The average Bonchev–Trinajstić information content (AvgIpc) is 2.38. The summed E-state index contributed by atoms with van der Waals surface area (Å²) in [5, 5.41) is 0. The number of carbonyl (C=O) groups excluding carboxylic acids is 1. The number of nitrogens with one attached hydrogen (secondary N) is 2. The van der Waals surface area contributed by atoms with Crippen molar-refractivity contribution in [3.05, 3.63) is 0 Å². The van der Waals surface area contributed by atoms with Gasteiger partial charge in [-0.1, -0.05) is 18.9 Å². The Morgan fingerprint density at radius 3 is 3.10 bits per heavy atom. The molecule has 1 saturated heterocycles. The summed E-state index contributed by atoms with van der Waals surface area (Å²) in [5.41, 5.74) is 2.90. The second kappa shape index (κ2) is 3.95. The summed E-state index contributed by atoms with van der Waals surface area (Å²) in [6.45, 7) is 2.02. The van der Waals surface area contributed by atoms with Crippen molar-refractivity contribution in [2.24, 2.45) is 0 Å². The Hall–Kier alpha value is -0.0600. The molecule has 0 aliphatic carbocycles. The molecule has 1 heterocycles. The van der Waals surface area contributed by atoms with E-state index in [1.54, 1.807) is 11.9 Å². The molecule has 0 unspecified atom stereocenters. The smallest absolute Gasteiger partial charge is 0.152 e. The van der Waals surface area contributed by atoms with Crippen molar-refractivity contribution in [3.8, 4) is 0 Å². The number of ketones is 1. The molecule has 0 aromatic heterocycles. The fourth-order valence-corrected chi connectivity index (χ4v) is 1.62. The predicted molar refractivity (Wildman–Crippen MR) is 42.4 cm³/mol. The van der Waals surface area contributed by atoms with Gasteiger partial charge in [-0.15, -0.1) is 0 Å². The predicted octanol–water partition coefficient (Wildman–Crippen LogP) is 0.480. The van der Waals surface area contributed by atoms with Crippen molar-refractivity contribution < 1.29 is 4.79 Å². The van der Waals surface area contributed by atoms with Gasteiger partial charge in [-0.2, -0.15) is 0 Å². The minimum atomic E-state index is 0.0462. The van der Waals surface area contributed by atoms with E-state index in [1.807, 2.05) is 6.92 Å². The average molecular weight is 160 g/mol. The van der Waals surface area contributed by atoms with Crippen LogP contribution < -0.4 is 10.3 Å². The molecule has 1 atom stereocenters. The first-order valence-electron chi connectivity index (χ1n) is 3.49. The zero-order chi connectivity index (χ0) is 7.40. The summed E-state index contributed by atoms with van der Waals surface area (Å²) in [6, 6.07) is 0.0462. The Labute approximate surface area is 65.0 Å². The van der Waals surface area contributed by atoms with E-state index in [9.17, 15) is 4.79 Å². The van der Waals surface area contributed by atoms with Gasteiger partial charge >= 0.3 is 0 Å². The van der Waals surface area contributed by atoms with Gasteiger partial charge in [0.25, 0.3) is 0 Å². The third-order valence-electron chi connectivity index (χ3n) is 1.44. The van der Waals surface area contributed by atoms with Crippen LogP contribution in [0.5, 0.6) is 0 Å². The Balaban J connectivity index is 2.25. The van der Waals surface area contributed by atoms with E-state index in [2.05, 4.69) is 10.3 Å². The van der Waals surface area contributed by atoms with Crippen molar-refractivity contribution in [3.63, 3.8) is 0 Å². The van der Waals surface area contributed by atoms with Gasteiger partial charge < -0.3 is 0 Å². The minimum absolute atomic E-state index is 0.0462. The molecule has 1 aliphatic rings. The Bertz CT molecular complexity index is 123. The largest absolute Gasteiger partial charge is 0.298 e. The Morgan fingerprint density at radius 2 is 2.60 bits per heavy atom. The zero-order valence-corrected chi connectivity index (χ0v) is 6.83. The summed E-state index contributed by atoms with van der Waals surface area (Å²) in [4.78, 5) is 14.0. The molecule has 0 radical (unpaired) electrons. The SMILES string of the molecule is CCCC(=O)[C@@H]1CSNN1. The number of Topliss-reactive ketones (excluding diaryl/α,β-unsaturated/α-hetero) is 1. The van der Waals surface area contributed by atoms with Crippen LogP contribution in [0.15, 0.2) is 0 Å². The standard InChI is InChI=1S/C6H12N2OS/c1-2-3-6(9)5-4-10-8-7-5/h5,7-8H,2-4H2,1H3/t5-/m0/s1. The normalized spacial score (nSPS) is 25.1. The van der Waals surface area contributed by atoms with Crippen molar-refractivity contribution in [2.75, 3.05) is 5.75 Å². The van der Waals surface area contributed by atoms with Crippen LogP contribution in [0.4, 0.5) is 0 Å². The fraction of sp³-hybridized carbons (Fsp3) is 0.833. The zero-order valence-electron chi connectivity index (χ0n) is 6.02. The monoisotopic (exact) mass is 160 g/mol. The number of rotatable bonds is 3. The molecule has 0 aromatic carbocycles. The van der Waals surface area contributed by atoms with Crippen LogP contribution in [0, 0.1) is 0 Å². The highest BCUT2D eigenvalue weighted by Crippen LogP contribution is 2.07. The summed E-state index contributed by atoms with van der Waals surface area (Å²) < 4.78 is 0. The van der Waals surface area contributed by atoms with Gasteiger partial charge in [-0.25, -0.2) is 10.3 Å². The lowest BCUT2D eigenvalue weighted by molar-refractivity contribution is -0.120. The summed E-state index contributed by atoms with van der Waals surface area (Å²) in [5.74, 6) is 1.18. The maximum absolute atomic E-state index is 11.1. The number of hydrogen-bond donors (Lipinski definition) is 2. The highest BCUT2D eigenvalue weighted by atomic mass is 32.2. The van der Waals surface area contributed by atoms with E-state index < -0.39 is 0 Å². The number of hydrogen-bond acceptors (Lipinski definition) is 4. The second-order valence-corrected chi connectivity index (χ2v) is 3.15. The van der Waals surface area contributed by atoms with Gasteiger partial charge in [0.1, 0.15) is 0 Å². The Morgan fingerprint density at radius 1 is 1.80 bits per heavy atom. The highest BCUT2D eigenvalue weighted by molar-refractivity contribution is 7.97. The summed E-state index contributed by atoms with van der Waals surface area (Å²) in [7, 11) is 0. The quantitative estimate of drug-likeness (QED) is 0.589. The van der Waals surface area contributed by atoms with Crippen LogP contribution in [0.3, 0.4) is 0 Å². The molecule has 0 amide bonds. The molecule has 0 spiro atoms. The van der Waals surface area contributed by atoms with Gasteiger partial charge in [0.05, 0.1) is 6.04 Å². The van der Waals surface area contributed by atoms with Gasteiger partial charge in [-0.3, -0.25) is 4.79 Å². The van der Waals surface area contributed by atoms with Gasteiger partial charge in [-0.05, 0) is 6.42 Å². The maximum Gasteiger partial charge on any atom is 0.152 e. The van der Waals surface area contributed by atoms with Gasteiger partial charge in [0.2, 0.25) is 0 Å². The molecular weight excluding hydrogens is 148 g/mol. The first kappa shape index (κ1) is 8.04. The molecule has 10 heavy (non-hydrogen) atoms. The fourth-order valence-electron chi connectivity index (χ4n) is 0.874. The molecule has 1 aliphatic heterocycles. The molecule has 58 valence electrons. The third kappa shape index (κ3) is 1.97. The van der Waals surface area contributed by atoms with Crippen molar-refractivity contribution >= 4 is 17.7 Å². The van der Waals surface area contributed by atoms with Crippen molar-refractivity contribution in [1.82, 2.24) is 10.3 Å². The molecule has 1 rings (SSSR count). The first-order chi connectivity index (χ1) is 4.84. The maximum atomic E-state index is 11.1. The van der Waals surface area contributed by atoms with Crippen LogP contribution in [0.1, 0.15) is 19.8 Å². The van der Waals surface area contributed by atoms with E-state index in [4.69, 9.17) is 0 Å². The van der Waals surface area contributed by atoms with E-state index in [0.717, 1.165) is 12.2 Å². The van der Waals surface area contributed by atoms with Crippen molar-refractivity contribution in [2.45, 2.75) is 25.8 Å². The van der Waals surface area contributed by atoms with Crippen LogP contribution in [-0.4, -0.2) is 17.6 Å². The van der Waals surface area contributed by atoms with Crippen LogP contribution in [0.25, 0.3) is 0 Å². The lowest BCUT2D eigenvalue weighted by Crippen LogP contribution is -2.36. The summed E-state index contributed by atoms with van der Waals surface area (Å²) in [6.07, 6.45) is 1.64. The van der Waals surface area contributed by atoms with Crippen LogP contribution in [0.2, 0.25) is 0 Å². The molecule has 4 heteroatoms. The molecule has 0 aromatic rings. The molecule has 2 N–H and O–H groups in total. The van der Waals surface area contributed by atoms with E-state index in [-0.39, 0.29) is 6.04 Å². The van der Waals surface area contributed by atoms with Gasteiger partial charge in [0.15, 0.2) is 5.78 Å². The Kier molecular flexibility index (Phi) is 3.18. The number of carbonyl (C=O) groups is 1.